The number of carbonyl (C=O) groups is 4. The number of nitrogens with one attached hydrogen (secondary N) is 2. The van der Waals surface area contributed by atoms with Crippen LogP contribution in [0.3, 0.4) is 0 Å². The molecule has 3 N–H and O–H groups in total. The van der Waals surface area contributed by atoms with Gasteiger partial charge in [0.15, 0.2) is 0 Å². The molecule has 2 aromatic rings. The van der Waals surface area contributed by atoms with Crippen LogP contribution in [0.15, 0.2) is 48.5 Å². The van der Waals surface area contributed by atoms with Gasteiger partial charge >= 0.3 is 24.5 Å². The van der Waals surface area contributed by atoms with Crippen molar-refractivity contribution in [3.05, 3.63) is 54.1 Å². The molecule has 0 bridgehead atoms. The number of urea groups is 1. The number of carbonyl (C=O) groups excluding carboxylic acids is 3. The van der Waals surface area contributed by atoms with Crippen LogP contribution < -0.4 is 20.1 Å². The summed E-state index contributed by atoms with van der Waals surface area (Å²) in [6, 6.07) is 10.3. The maximum atomic E-state index is 13.3. The summed E-state index contributed by atoms with van der Waals surface area (Å²) in [6.07, 6.45) is -8.10. The average Bonchev–Trinajstić information content (AvgIpc) is 3.49. The number of alkyl halides is 6. The SMILES string of the molecule is CN1CCC2(CCN(C3(c4ccc(Oc5ccc(OC(F)(F)F)cc5)cc4)C(=O)NC(=O)NC3=O)C2)C1.O=C(O)C(F)(F)F. The van der Waals surface area contributed by atoms with E-state index in [1.165, 1.54) is 12.1 Å². The van der Waals surface area contributed by atoms with Gasteiger partial charge in [-0.15, -0.1) is 13.2 Å². The fourth-order valence-electron chi connectivity index (χ4n) is 5.58. The Balaban J connectivity index is 0.000000566. The first kappa shape index (κ1) is 32.5. The largest absolute Gasteiger partial charge is 0.573 e. The molecule has 3 aliphatic rings. The molecular weight excluding hydrogens is 606 g/mol. The number of hydrogen-bond acceptors (Lipinski definition) is 8. The fraction of sp³-hybridized carbons (Fsp3) is 0.407. The lowest BCUT2D eigenvalue weighted by atomic mass is 9.83. The van der Waals surface area contributed by atoms with Crippen molar-refractivity contribution in [2.75, 3.05) is 33.2 Å². The number of ether oxygens (including phenoxy) is 2. The first-order chi connectivity index (χ1) is 20.4. The number of carboxylic acid groups (broad SMARTS) is 1. The first-order valence-corrected chi connectivity index (χ1v) is 13.0. The number of aliphatic carboxylic acids is 1. The zero-order chi connectivity index (χ0) is 32.5. The average molecular weight is 633 g/mol. The second-order valence-electron chi connectivity index (χ2n) is 10.6. The van der Waals surface area contributed by atoms with Crippen molar-refractivity contribution in [3.8, 4) is 17.2 Å². The second kappa shape index (κ2) is 12.0. The Morgan fingerprint density at radius 2 is 1.30 bits per heavy atom. The van der Waals surface area contributed by atoms with Gasteiger partial charge in [0.05, 0.1) is 0 Å². The van der Waals surface area contributed by atoms with Gasteiger partial charge in [0.1, 0.15) is 17.2 Å². The van der Waals surface area contributed by atoms with Gasteiger partial charge in [-0.2, -0.15) is 13.2 Å². The topological polar surface area (TPSA) is 138 Å². The Morgan fingerprint density at radius 1 is 0.818 bits per heavy atom. The molecule has 1 spiro atoms. The highest BCUT2D eigenvalue weighted by Crippen LogP contribution is 2.45. The van der Waals surface area contributed by atoms with Crippen molar-refractivity contribution in [1.82, 2.24) is 20.4 Å². The third kappa shape index (κ3) is 7.05. The normalized spacial score (nSPS) is 22.2. The Kier molecular flexibility index (Phi) is 8.84. The Labute approximate surface area is 245 Å². The van der Waals surface area contributed by atoms with E-state index in [-0.39, 0.29) is 16.9 Å². The molecule has 3 saturated heterocycles. The summed E-state index contributed by atoms with van der Waals surface area (Å²) < 4.78 is 78.4. The predicted octanol–water partition coefficient (Wildman–Crippen LogP) is 3.60. The van der Waals surface area contributed by atoms with E-state index in [9.17, 15) is 40.7 Å². The Morgan fingerprint density at radius 3 is 1.75 bits per heavy atom. The van der Waals surface area contributed by atoms with E-state index in [0.717, 1.165) is 38.1 Å². The van der Waals surface area contributed by atoms with Crippen molar-refractivity contribution in [2.24, 2.45) is 5.41 Å². The van der Waals surface area contributed by atoms with Gasteiger partial charge in [-0.05, 0) is 73.8 Å². The zero-order valence-electron chi connectivity index (χ0n) is 22.9. The molecule has 4 amide bonds. The third-order valence-corrected chi connectivity index (χ3v) is 7.46. The molecule has 0 aliphatic carbocycles. The molecule has 0 saturated carbocycles. The monoisotopic (exact) mass is 632 g/mol. The van der Waals surface area contributed by atoms with Crippen LogP contribution in [-0.4, -0.2) is 84.5 Å². The summed E-state index contributed by atoms with van der Waals surface area (Å²) in [5.41, 5.74) is -1.39. The van der Waals surface area contributed by atoms with E-state index in [4.69, 9.17) is 14.6 Å². The number of barbiturate groups is 1. The van der Waals surface area contributed by atoms with Gasteiger partial charge in [0, 0.05) is 19.6 Å². The van der Waals surface area contributed by atoms with E-state index in [1.54, 1.807) is 24.3 Å². The van der Waals surface area contributed by atoms with Gasteiger partial charge in [0.2, 0.25) is 5.54 Å². The number of imide groups is 2. The molecule has 2 aromatic carbocycles. The van der Waals surface area contributed by atoms with Crippen LogP contribution in [0.5, 0.6) is 17.2 Å². The molecule has 3 aliphatic heterocycles. The molecule has 3 fully saturated rings. The van der Waals surface area contributed by atoms with E-state index in [1.807, 2.05) is 11.9 Å². The number of nitrogens with zero attached hydrogens (tertiary/aromatic N) is 2. The smallest absolute Gasteiger partial charge is 0.475 e. The maximum absolute atomic E-state index is 13.3. The Bertz CT molecular complexity index is 1400. The molecule has 0 aromatic heterocycles. The molecule has 5 rings (SSSR count). The predicted molar refractivity (Wildman–Crippen MR) is 137 cm³/mol. The van der Waals surface area contributed by atoms with Crippen molar-refractivity contribution in [2.45, 2.75) is 30.9 Å². The van der Waals surface area contributed by atoms with E-state index in [2.05, 4.69) is 20.3 Å². The van der Waals surface area contributed by atoms with Crippen molar-refractivity contribution in [3.63, 3.8) is 0 Å². The molecular formula is C27H26F6N4O7. The lowest BCUT2D eigenvalue weighted by Gasteiger charge is -2.42. The number of amides is 4. The van der Waals surface area contributed by atoms with Crippen LogP contribution in [0, 0.1) is 5.41 Å². The van der Waals surface area contributed by atoms with Gasteiger partial charge in [-0.25, -0.2) is 9.59 Å². The number of halogens is 6. The lowest BCUT2D eigenvalue weighted by molar-refractivity contribution is -0.274. The van der Waals surface area contributed by atoms with Gasteiger partial charge < -0.3 is 19.5 Å². The van der Waals surface area contributed by atoms with Crippen LogP contribution in [-0.2, 0) is 19.9 Å². The summed E-state index contributed by atoms with van der Waals surface area (Å²) in [6.45, 7) is 2.83. The molecule has 1 unspecified atom stereocenters. The number of likely N-dealkylation sites (tertiary alicyclic amines) is 2. The highest BCUT2D eigenvalue weighted by Gasteiger charge is 2.59. The molecule has 1 atom stereocenters. The third-order valence-electron chi connectivity index (χ3n) is 7.46. The van der Waals surface area contributed by atoms with E-state index in [0.29, 0.717) is 24.4 Å². The highest BCUT2D eigenvalue weighted by molar-refractivity contribution is 6.22. The highest BCUT2D eigenvalue weighted by atomic mass is 19.4. The zero-order valence-corrected chi connectivity index (χ0v) is 22.9. The number of carboxylic acids is 1. The minimum atomic E-state index is -5.08. The number of rotatable bonds is 5. The number of hydrogen-bond donors (Lipinski definition) is 3. The quantitative estimate of drug-likeness (QED) is 0.334. The molecule has 3 heterocycles. The lowest BCUT2D eigenvalue weighted by Crippen LogP contribution is -2.70. The van der Waals surface area contributed by atoms with E-state index >= 15 is 0 Å². The summed E-state index contributed by atoms with van der Waals surface area (Å²) in [7, 11) is 2.04. The van der Waals surface area contributed by atoms with Gasteiger partial charge in [-0.1, -0.05) is 12.1 Å². The summed E-state index contributed by atoms with van der Waals surface area (Å²) in [5.74, 6) is -3.95. The molecule has 11 nitrogen and oxygen atoms in total. The number of benzene rings is 2. The van der Waals surface area contributed by atoms with Crippen LogP contribution in [0.25, 0.3) is 0 Å². The van der Waals surface area contributed by atoms with Crippen molar-refractivity contribution in [1.29, 1.82) is 0 Å². The molecule has 17 heteroatoms. The van der Waals surface area contributed by atoms with Gasteiger partial charge in [-0.3, -0.25) is 25.1 Å². The minimum absolute atomic E-state index is 0.0329. The molecule has 238 valence electrons. The van der Waals surface area contributed by atoms with Crippen molar-refractivity contribution < 1.29 is 60.1 Å². The van der Waals surface area contributed by atoms with Gasteiger partial charge in [0.25, 0.3) is 11.8 Å². The summed E-state index contributed by atoms with van der Waals surface area (Å²) in [4.78, 5) is 51.5. The summed E-state index contributed by atoms with van der Waals surface area (Å²) in [5, 5.41) is 11.6. The van der Waals surface area contributed by atoms with Crippen LogP contribution in [0.1, 0.15) is 18.4 Å². The van der Waals surface area contributed by atoms with Crippen LogP contribution in [0.2, 0.25) is 0 Å². The molecule has 0 radical (unpaired) electrons. The Hall–Kier alpha value is -4.38. The van der Waals surface area contributed by atoms with Crippen LogP contribution in [0.4, 0.5) is 31.1 Å². The summed E-state index contributed by atoms with van der Waals surface area (Å²) >= 11 is 0. The van der Waals surface area contributed by atoms with Crippen molar-refractivity contribution >= 4 is 23.8 Å². The standard InChI is InChI=1S/C25H25F3N4O5.C2HF3O2/c1-31-12-10-23(14-31)11-13-32(15-23)24(20(33)29-22(35)30-21(24)34)16-2-4-17(5-3-16)36-18-6-8-19(9-7-18)37-25(26,27)28;3-2(4,5)1(6)7/h2-9H,10-15H2,1H3,(H2,29,30,33,34,35);(H,6,7). The first-order valence-electron chi connectivity index (χ1n) is 13.0. The maximum Gasteiger partial charge on any atom is 0.573 e. The second-order valence-corrected chi connectivity index (χ2v) is 10.6. The minimum Gasteiger partial charge on any atom is -0.475 e. The van der Waals surface area contributed by atoms with Crippen LogP contribution >= 0.6 is 0 Å². The molecule has 44 heavy (non-hydrogen) atoms. The fourth-order valence-corrected chi connectivity index (χ4v) is 5.58. The van der Waals surface area contributed by atoms with E-state index < -0.39 is 41.9 Å².